The van der Waals surface area contributed by atoms with E-state index >= 15 is 0 Å². The lowest BCUT2D eigenvalue weighted by molar-refractivity contribution is -0.113. The van der Waals surface area contributed by atoms with Gasteiger partial charge < -0.3 is 9.47 Å². The number of alkyl halides is 2. The molecular formula is C24H17ClF2N2O4S2. The van der Waals surface area contributed by atoms with E-state index in [1.807, 2.05) is 0 Å². The Balaban J connectivity index is 1.61. The fraction of sp³-hybridized carbons (Fsp3) is 0.125. The summed E-state index contributed by atoms with van der Waals surface area (Å²) in [4.78, 5) is 32.2. The van der Waals surface area contributed by atoms with Crippen molar-refractivity contribution < 1.29 is 27.8 Å². The number of rotatable bonds is 8. The molecule has 4 rings (SSSR count). The number of thiophene rings is 1. The Bertz CT molecular complexity index is 1290. The van der Waals surface area contributed by atoms with Crippen LogP contribution >= 0.6 is 34.7 Å². The Kier molecular flexibility index (Phi) is 7.84. The molecule has 6 nitrogen and oxygen atoms in total. The summed E-state index contributed by atoms with van der Waals surface area (Å²) in [5, 5.41) is 0.285. The molecule has 3 aromatic rings. The van der Waals surface area contributed by atoms with Crippen molar-refractivity contribution in [3.05, 3.63) is 81.1 Å². The van der Waals surface area contributed by atoms with Crippen molar-refractivity contribution in [1.29, 1.82) is 0 Å². The molecule has 35 heavy (non-hydrogen) atoms. The standard InChI is InChI=1S/C24H17ClF2N2O4S2/c1-32-16-6-2-14(3-7-16)12-18-22(31)29(15-4-8-17(9-5-15)33-23(26)27)24(28-18)34-13-19(30)20-10-11-21(25)35-20/h2-12,23H,13H2,1H3/b18-12+. The number of thioether (sulfide) groups is 1. The highest BCUT2D eigenvalue weighted by atomic mass is 35.5. The quantitative estimate of drug-likeness (QED) is 0.248. The lowest BCUT2D eigenvalue weighted by Gasteiger charge is -2.18. The van der Waals surface area contributed by atoms with Gasteiger partial charge in [-0.1, -0.05) is 35.5 Å². The van der Waals surface area contributed by atoms with Gasteiger partial charge in [0.15, 0.2) is 11.0 Å². The van der Waals surface area contributed by atoms with Crippen LogP contribution in [0.3, 0.4) is 0 Å². The minimum absolute atomic E-state index is 0.0296. The van der Waals surface area contributed by atoms with Crippen LogP contribution in [0.2, 0.25) is 4.34 Å². The molecular weight excluding hydrogens is 518 g/mol. The second kappa shape index (κ2) is 11.0. The number of benzene rings is 2. The predicted molar refractivity (Wildman–Crippen MR) is 135 cm³/mol. The lowest BCUT2D eigenvalue weighted by Crippen LogP contribution is -2.30. The van der Waals surface area contributed by atoms with Gasteiger partial charge in [0.1, 0.15) is 17.2 Å². The summed E-state index contributed by atoms with van der Waals surface area (Å²) < 4.78 is 35.1. The normalized spacial score (nSPS) is 14.5. The van der Waals surface area contributed by atoms with Crippen molar-refractivity contribution in [2.24, 2.45) is 4.99 Å². The van der Waals surface area contributed by atoms with Gasteiger partial charge in [0.25, 0.3) is 5.91 Å². The number of ether oxygens (including phenoxy) is 2. The van der Waals surface area contributed by atoms with Gasteiger partial charge in [0, 0.05) is 0 Å². The van der Waals surface area contributed by atoms with E-state index in [0.29, 0.717) is 20.7 Å². The van der Waals surface area contributed by atoms with Gasteiger partial charge >= 0.3 is 6.61 Å². The highest BCUT2D eigenvalue weighted by molar-refractivity contribution is 8.14. The molecule has 1 aliphatic rings. The number of amidine groups is 1. The fourth-order valence-electron chi connectivity index (χ4n) is 3.12. The minimum atomic E-state index is -2.96. The molecule has 11 heteroatoms. The van der Waals surface area contributed by atoms with Gasteiger partial charge in [-0.05, 0) is 60.2 Å². The summed E-state index contributed by atoms with van der Waals surface area (Å²) in [6, 6.07) is 16.0. The number of carbonyl (C=O) groups is 2. The molecule has 1 aliphatic heterocycles. The van der Waals surface area contributed by atoms with Gasteiger partial charge in [0.2, 0.25) is 0 Å². The maximum absolute atomic E-state index is 13.3. The third-order valence-electron chi connectivity index (χ3n) is 4.75. The van der Waals surface area contributed by atoms with Crippen LogP contribution < -0.4 is 14.4 Å². The third-order valence-corrected chi connectivity index (χ3v) is 6.96. The zero-order chi connectivity index (χ0) is 24.9. The van der Waals surface area contributed by atoms with Crippen LogP contribution in [0.15, 0.2) is 71.4 Å². The number of anilines is 1. The molecule has 0 radical (unpaired) electrons. The van der Waals surface area contributed by atoms with Crippen molar-refractivity contribution >= 4 is 63.3 Å². The summed E-state index contributed by atoms with van der Waals surface area (Å²) in [5.41, 5.74) is 1.29. The summed E-state index contributed by atoms with van der Waals surface area (Å²) in [6.45, 7) is -2.96. The zero-order valence-corrected chi connectivity index (χ0v) is 20.5. The summed E-state index contributed by atoms with van der Waals surface area (Å²) in [7, 11) is 1.56. The van der Waals surface area contributed by atoms with Gasteiger partial charge in [-0.15, -0.1) is 11.3 Å². The fourth-order valence-corrected chi connectivity index (χ4v) is 5.09. The average molecular weight is 535 g/mol. The molecule has 0 saturated carbocycles. The van der Waals surface area contributed by atoms with Crippen molar-refractivity contribution in [3.8, 4) is 11.5 Å². The smallest absolute Gasteiger partial charge is 0.387 e. The van der Waals surface area contributed by atoms with Crippen molar-refractivity contribution in [3.63, 3.8) is 0 Å². The Morgan fingerprint density at radius 2 is 1.80 bits per heavy atom. The van der Waals surface area contributed by atoms with Crippen molar-refractivity contribution in [2.75, 3.05) is 17.8 Å². The largest absolute Gasteiger partial charge is 0.497 e. The Morgan fingerprint density at radius 1 is 1.11 bits per heavy atom. The number of halogens is 3. The zero-order valence-electron chi connectivity index (χ0n) is 18.1. The lowest BCUT2D eigenvalue weighted by atomic mass is 10.2. The second-order valence-corrected chi connectivity index (χ2v) is 9.68. The molecule has 0 saturated heterocycles. The number of amides is 1. The third kappa shape index (κ3) is 6.08. The van der Waals surface area contributed by atoms with Crippen LogP contribution in [0, 0.1) is 0 Å². The predicted octanol–water partition coefficient (Wildman–Crippen LogP) is 6.37. The van der Waals surface area contributed by atoms with Crippen molar-refractivity contribution in [1.82, 2.24) is 0 Å². The number of hydrogen-bond donors (Lipinski definition) is 0. The summed E-state index contributed by atoms with van der Waals surface area (Å²) in [6.07, 6.45) is 1.62. The first kappa shape index (κ1) is 24.9. The highest BCUT2D eigenvalue weighted by Crippen LogP contribution is 2.32. The molecule has 0 aliphatic carbocycles. The van der Waals surface area contributed by atoms with Crippen LogP contribution in [-0.4, -0.2) is 36.3 Å². The van der Waals surface area contributed by atoms with E-state index in [-0.39, 0.29) is 28.2 Å². The number of nitrogens with zero attached hydrogens (tertiary/aromatic N) is 2. The van der Waals surface area contributed by atoms with E-state index in [0.717, 1.165) is 17.3 Å². The number of aliphatic imine (C=N–C) groups is 1. The van der Waals surface area contributed by atoms with Gasteiger partial charge in [-0.3, -0.25) is 14.5 Å². The number of ketones is 1. The van der Waals surface area contributed by atoms with Crippen LogP contribution in [0.4, 0.5) is 14.5 Å². The Hall–Kier alpha value is -3.21. The van der Waals surface area contributed by atoms with Crippen LogP contribution in [0.5, 0.6) is 11.5 Å². The second-order valence-electron chi connectivity index (χ2n) is 7.03. The van der Waals surface area contributed by atoms with Gasteiger partial charge in [0.05, 0.1) is 27.8 Å². The summed E-state index contributed by atoms with van der Waals surface area (Å²) >= 11 is 8.19. The molecule has 1 aromatic heterocycles. The number of hydrogen-bond acceptors (Lipinski definition) is 7. The summed E-state index contributed by atoms with van der Waals surface area (Å²) in [5.74, 6) is 0.0829. The molecule has 2 heterocycles. The van der Waals surface area contributed by atoms with Crippen LogP contribution in [0.1, 0.15) is 15.2 Å². The minimum Gasteiger partial charge on any atom is -0.497 e. The highest BCUT2D eigenvalue weighted by Gasteiger charge is 2.32. The van der Waals surface area contributed by atoms with E-state index in [4.69, 9.17) is 16.3 Å². The topological polar surface area (TPSA) is 68.2 Å². The van der Waals surface area contributed by atoms with E-state index in [9.17, 15) is 18.4 Å². The average Bonchev–Trinajstić information content (AvgIpc) is 3.41. The van der Waals surface area contributed by atoms with Gasteiger partial charge in [-0.25, -0.2) is 4.99 Å². The molecule has 0 fully saturated rings. The number of methoxy groups -OCH3 is 1. The molecule has 1 amide bonds. The SMILES string of the molecule is COc1ccc(/C=C2/N=C(SCC(=O)c3ccc(Cl)s3)N(c3ccc(OC(F)F)cc3)C2=O)cc1. The van der Waals surface area contributed by atoms with E-state index in [1.54, 1.807) is 49.6 Å². The van der Waals surface area contributed by atoms with E-state index in [2.05, 4.69) is 9.73 Å². The number of Topliss-reactive ketones (excluding diaryl/α,β-unsaturated/α-hetero) is 1. The Morgan fingerprint density at radius 3 is 2.40 bits per heavy atom. The molecule has 2 aromatic carbocycles. The molecule has 0 N–H and O–H groups in total. The monoisotopic (exact) mass is 534 g/mol. The first-order valence-electron chi connectivity index (χ1n) is 10.1. The molecule has 0 atom stereocenters. The molecule has 0 spiro atoms. The molecule has 180 valence electrons. The van der Waals surface area contributed by atoms with E-state index in [1.165, 1.54) is 40.5 Å². The molecule has 0 bridgehead atoms. The van der Waals surface area contributed by atoms with Crippen LogP contribution in [-0.2, 0) is 4.79 Å². The maximum atomic E-state index is 13.3. The Labute approximate surface area is 212 Å². The first-order chi connectivity index (χ1) is 16.8. The van der Waals surface area contributed by atoms with Crippen LogP contribution in [0.25, 0.3) is 6.08 Å². The maximum Gasteiger partial charge on any atom is 0.387 e. The number of carbonyl (C=O) groups excluding carboxylic acids is 2. The van der Waals surface area contributed by atoms with Gasteiger partial charge in [-0.2, -0.15) is 8.78 Å². The molecule has 0 unspecified atom stereocenters. The first-order valence-corrected chi connectivity index (χ1v) is 12.3. The van der Waals surface area contributed by atoms with E-state index < -0.39 is 12.5 Å². The van der Waals surface area contributed by atoms with Crippen molar-refractivity contribution in [2.45, 2.75) is 6.61 Å².